The van der Waals surface area contributed by atoms with E-state index in [9.17, 15) is 22.0 Å². The van der Waals surface area contributed by atoms with Gasteiger partial charge in [0.15, 0.2) is 0 Å². The van der Waals surface area contributed by atoms with Crippen molar-refractivity contribution in [3.63, 3.8) is 0 Å². The van der Waals surface area contributed by atoms with E-state index in [0.717, 1.165) is 24.3 Å². The maximum Gasteiger partial charge on any atom is 0.265 e. The zero-order valence-corrected chi connectivity index (χ0v) is 18.5. The van der Waals surface area contributed by atoms with Gasteiger partial charge < -0.3 is 14.8 Å². The molecule has 10 heteroatoms. The van der Waals surface area contributed by atoms with Crippen LogP contribution in [-0.2, 0) is 14.8 Å². The minimum atomic E-state index is -4.08. The molecule has 3 aromatic carbocycles. The van der Waals surface area contributed by atoms with E-state index in [1.165, 1.54) is 50.6 Å². The summed E-state index contributed by atoms with van der Waals surface area (Å²) < 4.78 is 65.9. The molecule has 172 valence electrons. The van der Waals surface area contributed by atoms with Crippen molar-refractivity contribution >= 4 is 33.4 Å². The molecule has 0 radical (unpaired) electrons. The molecule has 0 fully saturated rings. The lowest BCUT2D eigenvalue weighted by Gasteiger charge is -2.13. The Kier molecular flexibility index (Phi) is 7.29. The number of methoxy groups -OCH3 is 2. The Morgan fingerprint density at radius 3 is 2.15 bits per heavy atom. The van der Waals surface area contributed by atoms with Gasteiger partial charge in [-0.3, -0.25) is 9.52 Å². The van der Waals surface area contributed by atoms with E-state index in [-0.39, 0.29) is 21.9 Å². The van der Waals surface area contributed by atoms with Gasteiger partial charge in [-0.1, -0.05) is 6.07 Å². The molecule has 0 aliphatic carbocycles. The molecule has 0 heterocycles. The Morgan fingerprint density at radius 2 is 1.55 bits per heavy atom. The smallest absolute Gasteiger partial charge is 0.265 e. The fraction of sp³-hybridized carbons (Fsp3) is 0.0870. The highest BCUT2D eigenvalue weighted by molar-refractivity contribution is 7.92. The minimum Gasteiger partial charge on any atom is -0.497 e. The monoisotopic (exact) mass is 474 g/mol. The first kappa shape index (κ1) is 23.7. The standard InChI is InChI=1S/C23H20F2N2O5S/c1-31-17-9-6-15(7-10-17)27-33(29,30)22-14-16(8-12-21(22)32-2)26-23(28)13-11-18-19(24)4-3-5-20(18)25/h3-14,27H,1-2H3,(H,26,28)/b13-11+. The number of anilines is 2. The lowest BCUT2D eigenvalue weighted by atomic mass is 10.2. The van der Waals surface area contributed by atoms with Gasteiger partial charge in [0.05, 0.1) is 14.2 Å². The van der Waals surface area contributed by atoms with Crippen molar-refractivity contribution in [2.75, 3.05) is 24.3 Å². The number of carbonyl (C=O) groups excluding carboxylic acids is 1. The molecule has 33 heavy (non-hydrogen) atoms. The molecule has 0 aliphatic heterocycles. The molecular formula is C23H20F2N2O5S. The topological polar surface area (TPSA) is 93.7 Å². The molecule has 7 nitrogen and oxygen atoms in total. The predicted molar refractivity (Wildman–Crippen MR) is 121 cm³/mol. The van der Waals surface area contributed by atoms with Crippen LogP contribution in [0.15, 0.2) is 71.6 Å². The number of nitrogens with one attached hydrogen (secondary N) is 2. The van der Waals surface area contributed by atoms with Crippen LogP contribution in [0, 0.1) is 11.6 Å². The van der Waals surface area contributed by atoms with Crippen LogP contribution < -0.4 is 19.5 Å². The lowest BCUT2D eigenvalue weighted by molar-refractivity contribution is -0.111. The second kappa shape index (κ2) is 10.1. The highest BCUT2D eigenvalue weighted by Gasteiger charge is 2.21. The molecule has 0 atom stereocenters. The molecule has 0 aromatic heterocycles. The largest absolute Gasteiger partial charge is 0.497 e. The maximum absolute atomic E-state index is 13.7. The van der Waals surface area contributed by atoms with E-state index < -0.39 is 27.6 Å². The highest BCUT2D eigenvalue weighted by Crippen LogP contribution is 2.29. The summed E-state index contributed by atoms with van der Waals surface area (Å²) >= 11 is 0. The number of sulfonamides is 1. The molecule has 0 saturated carbocycles. The average molecular weight is 474 g/mol. The van der Waals surface area contributed by atoms with Crippen LogP contribution in [0.25, 0.3) is 6.08 Å². The molecule has 0 aliphatic rings. The SMILES string of the molecule is COc1ccc(NS(=O)(=O)c2cc(NC(=O)/C=C/c3c(F)cccc3F)ccc2OC)cc1. The number of rotatable bonds is 8. The molecule has 0 saturated heterocycles. The maximum atomic E-state index is 13.7. The molecule has 3 rings (SSSR count). The van der Waals surface area contributed by atoms with E-state index in [2.05, 4.69) is 10.0 Å². The van der Waals surface area contributed by atoms with Crippen molar-refractivity contribution in [2.45, 2.75) is 4.90 Å². The van der Waals surface area contributed by atoms with E-state index in [0.29, 0.717) is 11.4 Å². The summed E-state index contributed by atoms with van der Waals surface area (Å²) in [6.07, 6.45) is 1.93. The predicted octanol–water partition coefficient (Wildman–Crippen LogP) is 4.43. The Bertz CT molecular complexity index is 1270. The Morgan fingerprint density at radius 1 is 0.909 bits per heavy atom. The fourth-order valence-corrected chi connectivity index (χ4v) is 4.10. The quantitative estimate of drug-likeness (QED) is 0.471. The van der Waals surface area contributed by atoms with Crippen LogP contribution in [0.4, 0.5) is 20.2 Å². The van der Waals surface area contributed by atoms with E-state index in [1.807, 2.05) is 0 Å². The molecule has 0 bridgehead atoms. The third-order valence-electron chi connectivity index (χ3n) is 4.46. The van der Waals surface area contributed by atoms with Gasteiger partial charge in [-0.2, -0.15) is 0 Å². The normalized spacial score (nSPS) is 11.3. The number of amides is 1. The Balaban J connectivity index is 1.82. The van der Waals surface area contributed by atoms with Crippen molar-refractivity contribution in [1.82, 2.24) is 0 Å². The minimum absolute atomic E-state index is 0.0537. The fourth-order valence-electron chi connectivity index (χ4n) is 2.85. The van der Waals surface area contributed by atoms with Gasteiger partial charge in [-0.05, 0) is 60.7 Å². The zero-order chi connectivity index (χ0) is 24.0. The number of ether oxygens (including phenoxy) is 2. The van der Waals surface area contributed by atoms with Gasteiger partial charge in [0, 0.05) is 23.0 Å². The Labute approximate surface area is 189 Å². The number of halogens is 2. The number of hydrogen-bond donors (Lipinski definition) is 2. The van der Waals surface area contributed by atoms with Gasteiger partial charge in [0.25, 0.3) is 10.0 Å². The van der Waals surface area contributed by atoms with Gasteiger partial charge in [0.1, 0.15) is 28.0 Å². The van der Waals surface area contributed by atoms with Crippen LogP contribution in [0.2, 0.25) is 0 Å². The van der Waals surface area contributed by atoms with Gasteiger partial charge in [-0.25, -0.2) is 17.2 Å². The molecule has 0 unspecified atom stereocenters. The van der Waals surface area contributed by atoms with Crippen molar-refractivity contribution in [3.8, 4) is 11.5 Å². The van der Waals surface area contributed by atoms with Crippen LogP contribution >= 0.6 is 0 Å². The van der Waals surface area contributed by atoms with E-state index in [1.54, 1.807) is 12.1 Å². The van der Waals surface area contributed by atoms with Crippen molar-refractivity contribution < 1.29 is 31.5 Å². The van der Waals surface area contributed by atoms with E-state index in [4.69, 9.17) is 9.47 Å². The third-order valence-corrected chi connectivity index (χ3v) is 5.87. The van der Waals surface area contributed by atoms with E-state index >= 15 is 0 Å². The second-order valence-corrected chi connectivity index (χ2v) is 8.31. The average Bonchev–Trinajstić information content (AvgIpc) is 2.79. The molecule has 0 spiro atoms. The number of hydrogen-bond acceptors (Lipinski definition) is 5. The summed E-state index contributed by atoms with van der Waals surface area (Å²) in [5, 5.41) is 2.46. The molecule has 2 N–H and O–H groups in total. The van der Waals surface area contributed by atoms with Gasteiger partial charge >= 0.3 is 0 Å². The summed E-state index contributed by atoms with van der Waals surface area (Å²) in [6.45, 7) is 0. The molecule has 3 aromatic rings. The second-order valence-electron chi connectivity index (χ2n) is 6.66. The summed E-state index contributed by atoms with van der Waals surface area (Å²) in [6, 6.07) is 13.6. The first-order valence-electron chi connectivity index (χ1n) is 9.51. The summed E-state index contributed by atoms with van der Waals surface area (Å²) in [4.78, 5) is 12.0. The first-order valence-corrected chi connectivity index (χ1v) is 11.0. The van der Waals surface area contributed by atoms with Crippen LogP contribution in [0.3, 0.4) is 0 Å². The van der Waals surface area contributed by atoms with Gasteiger partial charge in [0.2, 0.25) is 5.91 Å². The Hall–Kier alpha value is -3.92. The molecular weight excluding hydrogens is 454 g/mol. The summed E-state index contributed by atoms with van der Waals surface area (Å²) in [7, 11) is -1.28. The van der Waals surface area contributed by atoms with Crippen molar-refractivity contribution in [1.29, 1.82) is 0 Å². The zero-order valence-electron chi connectivity index (χ0n) is 17.6. The highest BCUT2D eigenvalue weighted by atomic mass is 32.2. The molecule has 1 amide bonds. The lowest BCUT2D eigenvalue weighted by Crippen LogP contribution is -2.15. The van der Waals surface area contributed by atoms with Crippen LogP contribution in [0.5, 0.6) is 11.5 Å². The van der Waals surface area contributed by atoms with Crippen molar-refractivity contribution in [2.24, 2.45) is 0 Å². The van der Waals surface area contributed by atoms with Crippen LogP contribution in [-0.4, -0.2) is 28.5 Å². The van der Waals surface area contributed by atoms with Crippen molar-refractivity contribution in [3.05, 3.63) is 83.9 Å². The number of benzene rings is 3. The van der Waals surface area contributed by atoms with Gasteiger partial charge in [-0.15, -0.1) is 0 Å². The third kappa shape index (κ3) is 5.86. The summed E-state index contributed by atoms with van der Waals surface area (Å²) in [5.74, 6) is -1.74. The van der Waals surface area contributed by atoms with Crippen LogP contribution in [0.1, 0.15) is 5.56 Å². The first-order chi connectivity index (χ1) is 15.7. The summed E-state index contributed by atoms with van der Waals surface area (Å²) in [5.41, 5.74) is 0.0611. The number of carbonyl (C=O) groups is 1.